The van der Waals surface area contributed by atoms with Gasteiger partial charge in [0.05, 0.1) is 34.5 Å². The zero-order valence-corrected chi connectivity index (χ0v) is 21.0. The fourth-order valence-corrected chi connectivity index (χ4v) is 5.19. The highest BCUT2D eigenvalue weighted by Crippen LogP contribution is 2.62. The van der Waals surface area contributed by atoms with Crippen molar-refractivity contribution >= 4 is 13.3 Å². The minimum absolute atomic E-state index is 0.184. The van der Waals surface area contributed by atoms with Gasteiger partial charge in [0.15, 0.2) is 17.3 Å². The van der Waals surface area contributed by atoms with Gasteiger partial charge in [-0.1, -0.05) is 45.9 Å². The molecule has 32 heavy (non-hydrogen) atoms. The van der Waals surface area contributed by atoms with E-state index in [-0.39, 0.29) is 11.8 Å². The summed E-state index contributed by atoms with van der Waals surface area (Å²) in [5, 5.41) is 3.36. The van der Waals surface area contributed by atoms with Crippen molar-refractivity contribution in [3.05, 3.63) is 48.0 Å². The zero-order chi connectivity index (χ0) is 23.7. The topological polar surface area (TPSA) is 75.3 Å². The highest BCUT2D eigenvalue weighted by atomic mass is 31.2. The summed E-state index contributed by atoms with van der Waals surface area (Å²) in [5.74, 6) is 0.947. The molecular formula is C24H36NO6P. The largest absolute Gasteiger partial charge is 0.493 e. The van der Waals surface area contributed by atoms with E-state index in [9.17, 15) is 4.57 Å². The van der Waals surface area contributed by atoms with Gasteiger partial charge in [-0.05, 0) is 41.7 Å². The van der Waals surface area contributed by atoms with Gasteiger partial charge in [-0.25, -0.2) is 0 Å². The van der Waals surface area contributed by atoms with E-state index in [0.717, 1.165) is 5.69 Å². The van der Waals surface area contributed by atoms with Crippen LogP contribution in [0.1, 0.15) is 39.0 Å². The van der Waals surface area contributed by atoms with Gasteiger partial charge in [0, 0.05) is 5.69 Å². The quantitative estimate of drug-likeness (QED) is 0.345. The molecule has 1 atom stereocenters. The third kappa shape index (κ3) is 6.89. The van der Waals surface area contributed by atoms with Crippen molar-refractivity contribution in [2.75, 3.05) is 39.9 Å². The SMILES string of the molecule is COc1cc([C@H](Nc2ccccc2)P(=O)(OCC(C)C)OCC(C)C)cc(OC)c1OC. The fourth-order valence-electron chi connectivity index (χ4n) is 2.99. The first kappa shape index (κ1) is 26.0. The molecule has 0 unspecified atom stereocenters. The van der Waals surface area contributed by atoms with Crippen LogP contribution in [0.5, 0.6) is 17.2 Å². The Morgan fingerprint density at radius 2 is 1.31 bits per heavy atom. The molecule has 0 saturated carbocycles. The molecule has 0 bridgehead atoms. The maximum Gasteiger partial charge on any atom is 0.357 e. The first-order valence-electron chi connectivity index (χ1n) is 10.7. The number of hydrogen-bond acceptors (Lipinski definition) is 7. The molecule has 0 spiro atoms. The Kier molecular flexibility index (Phi) is 9.88. The minimum Gasteiger partial charge on any atom is -0.493 e. The van der Waals surface area contributed by atoms with Crippen molar-refractivity contribution in [3.63, 3.8) is 0 Å². The van der Waals surface area contributed by atoms with E-state index >= 15 is 0 Å². The minimum atomic E-state index is -3.67. The molecule has 8 heteroatoms. The predicted molar refractivity (Wildman–Crippen MR) is 128 cm³/mol. The molecule has 0 saturated heterocycles. The Balaban J connectivity index is 2.63. The van der Waals surface area contributed by atoms with Gasteiger partial charge in [0.25, 0.3) is 0 Å². The number of hydrogen-bond donors (Lipinski definition) is 1. The molecule has 0 aliphatic heterocycles. The average Bonchev–Trinajstić information content (AvgIpc) is 2.79. The third-order valence-corrected chi connectivity index (χ3v) is 6.65. The summed E-state index contributed by atoms with van der Waals surface area (Å²) < 4.78 is 42.7. The van der Waals surface area contributed by atoms with Crippen molar-refractivity contribution in [1.82, 2.24) is 0 Å². The van der Waals surface area contributed by atoms with E-state index in [1.807, 2.05) is 58.0 Å². The number of para-hydroxylation sites is 1. The molecule has 0 heterocycles. The summed E-state index contributed by atoms with van der Waals surface area (Å²) >= 11 is 0. The lowest BCUT2D eigenvalue weighted by Gasteiger charge is -2.30. The lowest BCUT2D eigenvalue weighted by Crippen LogP contribution is -2.18. The second-order valence-electron chi connectivity index (χ2n) is 8.29. The van der Waals surface area contributed by atoms with Gasteiger partial charge >= 0.3 is 7.60 Å². The summed E-state index contributed by atoms with van der Waals surface area (Å²) in [5.41, 5.74) is 1.42. The van der Waals surface area contributed by atoms with Crippen LogP contribution >= 0.6 is 7.60 Å². The first-order valence-corrected chi connectivity index (χ1v) is 12.4. The van der Waals surface area contributed by atoms with Crippen molar-refractivity contribution in [2.45, 2.75) is 33.5 Å². The summed E-state index contributed by atoms with van der Waals surface area (Å²) in [7, 11) is 0.965. The number of methoxy groups -OCH3 is 3. The second-order valence-corrected chi connectivity index (χ2v) is 10.4. The predicted octanol–water partition coefficient (Wildman–Crippen LogP) is 6.36. The van der Waals surface area contributed by atoms with Crippen LogP contribution in [-0.2, 0) is 13.6 Å². The van der Waals surface area contributed by atoms with E-state index in [1.165, 1.54) is 0 Å². The summed E-state index contributed by atoms with van der Waals surface area (Å²) in [6, 6.07) is 13.1. The molecule has 0 aliphatic carbocycles. The zero-order valence-electron chi connectivity index (χ0n) is 20.1. The number of nitrogens with one attached hydrogen (secondary N) is 1. The van der Waals surface area contributed by atoms with E-state index in [0.29, 0.717) is 36.0 Å². The van der Waals surface area contributed by atoms with Gasteiger partial charge in [-0.2, -0.15) is 0 Å². The van der Waals surface area contributed by atoms with Crippen LogP contribution in [-0.4, -0.2) is 34.5 Å². The highest BCUT2D eigenvalue weighted by molar-refractivity contribution is 7.54. The molecule has 1 N–H and O–H groups in total. The van der Waals surface area contributed by atoms with Crippen LogP contribution in [0.25, 0.3) is 0 Å². The molecule has 0 aromatic heterocycles. The lowest BCUT2D eigenvalue weighted by molar-refractivity contribution is 0.168. The Bertz CT molecular complexity index is 846. The summed E-state index contributed by atoms with van der Waals surface area (Å²) in [6.45, 7) is 8.62. The molecule has 2 rings (SSSR count). The van der Waals surface area contributed by atoms with Crippen LogP contribution in [0.2, 0.25) is 0 Å². The van der Waals surface area contributed by atoms with E-state index in [2.05, 4.69) is 5.32 Å². The Hall–Kier alpha value is -2.21. The Morgan fingerprint density at radius 3 is 1.72 bits per heavy atom. The molecule has 0 radical (unpaired) electrons. The van der Waals surface area contributed by atoms with E-state index in [4.69, 9.17) is 23.3 Å². The van der Waals surface area contributed by atoms with Crippen LogP contribution in [0.3, 0.4) is 0 Å². The molecule has 0 aliphatic rings. The van der Waals surface area contributed by atoms with Crippen LogP contribution < -0.4 is 19.5 Å². The summed E-state index contributed by atoms with van der Waals surface area (Å²) in [6.07, 6.45) is 0. The van der Waals surface area contributed by atoms with Crippen molar-refractivity contribution in [1.29, 1.82) is 0 Å². The van der Waals surface area contributed by atoms with Gasteiger partial charge in [-0.15, -0.1) is 0 Å². The maximum atomic E-state index is 14.3. The van der Waals surface area contributed by atoms with Gasteiger partial charge in [-0.3, -0.25) is 4.57 Å². The second kappa shape index (κ2) is 12.1. The summed E-state index contributed by atoms with van der Waals surface area (Å²) in [4.78, 5) is 0. The molecule has 0 amide bonds. The van der Waals surface area contributed by atoms with Crippen LogP contribution in [0, 0.1) is 11.8 Å². The van der Waals surface area contributed by atoms with Crippen molar-refractivity contribution in [2.24, 2.45) is 11.8 Å². The number of ether oxygens (including phenoxy) is 3. The van der Waals surface area contributed by atoms with Gasteiger partial charge < -0.3 is 28.6 Å². The fraction of sp³-hybridized carbons (Fsp3) is 0.500. The van der Waals surface area contributed by atoms with Gasteiger partial charge in [0.1, 0.15) is 0 Å². The maximum absolute atomic E-state index is 14.3. The normalized spacial score (nSPS) is 12.7. The molecule has 2 aromatic carbocycles. The average molecular weight is 466 g/mol. The lowest BCUT2D eigenvalue weighted by atomic mass is 10.1. The van der Waals surface area contributed by atoms with Crippen LogP contribution in [0.15, 0.2) is 42.5 Å². The monoisotopic (exact) mass is 465 g/mol. The smallest absolute Gasteiger partial charge is 0.357 e. The van der Waals surface area contributed by atoms with Crippen molar-refractivity contribution in [3.8, 4) is 17.2 Å². The number of benzene rings is 2. The molecule has 7 nitrogen and oxygen atoms in total. The van der Waals surface area contributed by atoms with E-state index in [1.54, 1.807) is 33.5 Å². The number of anilines is 1. The standard InChI is InChI=1S/C24H36NO6P/c1-17(2)15-30-32(26,31-16-18(3)4)24(25-20-11-9-8-10-12-20)19-13-21(27-5)23(29-7)22(14-19)28-6/h8-14,17-18,24-25H,15-16H2,1-7H3/t24-/m1/s1. The molecule has 178 valence electrons. The van der Waals surface area contributed by atoms with Crippen LogP contribution in [0.4, 0.5) is 5.69 Å². The highest BCUT2D eigenvalue weighted by Gasteiger charge is 2.39. The Morgan fingerprint density at radius 1 is 0.812 bits per heavy atom. The van der Waals surface area contributed by atoms with Gasteiger partial charge in [0.2, 0.25) is 5.75 Å². The molecular weight excluding hydrogens is 429 g/mol. The number of rotatable bonds is 13. The van der Waals surface area contributed by atoms with E-state index < -0.39 is 13.4 Å². The van der Waals surface area contributed by atoms with Crippen molar-refractivity contribution < 1.29 is 27.8 Å². The first-order chi connectivity index (χ1) is 15.2. The molecule has 2 aromatic rings. The third-order valence-electron chi connectivity index (χ3n) is 4.57. The molecule has 0 fully saturated rings. The Labute approximate surface area is 191 Å².